The molecule has 1 aliphatic carbocycles. The van der Waals surface area contributed by atoms with E-state index in [1.54, 1.807) is 12.1 Å². The van der Waals surface area contributed by atoms with E-state index in [0.29, 0.717) is 17.4 Å². The van der Waals surface area contributed by atoms with E-state index < -0.39 is 5.97 Å². The molecule has 0 aliphatic heterocycles. The first-order valence-electron chi connectivity index (χ1n) is 11.7. The van der Waals surface area contributed by atoms with Crippen LogP contribution in [0, 0.1) is 11.8 Å². The SMILES string of the molecule is CCC(C)Cc1ccccc1C1(CC(C)CC)C=CC(c2ccc(C(=O)O)cc2)=CC1. The highest BCUT2D eigenvalue weighted by Crippen LogP contribution is 2.43. The lowest BCUT2D eigenvalue weighted by Crippen LogP contribution is -2.29. The standard InChI is InChI=1S/C29H36O2/c1-5-21(3)19-26-9-7-8-10-27(26)29(20-22(4)6-2)17-15-24(16-18-29)23-11-13-25(14-12-23)28(30)31/h7-17,21-22H,5-6,18-20H2,1-4H3,(H,30,31). The molecule has 1 N–H and O–H groups in total. The predicted molar refractivity (Wildman–Crippen MR) is 130 cm³/mol. The summed E-state index contributed by atoms with van der Waals surface area (Å²) < 4.78 is 0. The van der Waals surface area contributed by atoms with Crippen LogP contribution in [-0.2, 0) is 11.8 Å². The van der Waals surface area contributed by atoms with Gasteiger partial charge in [-0.1, -0.05) is 95.2 Å². The number of carboxylic acid groups (broad SMARTS) is 1. The van der Waals surface area contributed by atoms with Crippen LogP contribution in [-0.4, -0.2) is 11.1 Å². The van der Waals surface area contributed by atoms with Crippen molar-refractivity contribution in [3.8, 4) is 0 Å². The third-order valence-corrected chi connectivity index (χ3v) is 6.96. The fourth-order valence-corrected chi connectivity index (χ4v) is 4.63. The summed E-state index contributed by atoms with van der Waals surface area (Å²) >= 11 is 0. The Hall–Kier alpha value is -2.61. The maximum absolute atomic E-state index is 11.2. The second-order valence-electron chi connectivity index (χ2n) is 9.33. The lowest BCUT2D eigenvalue weighted by Gasteiger charge is -2.37. The Kier molecular flexibility index (Phi) is 7.54. The highest BCUT2D eigenvalue weighted by molar-refractivity contribution is 5.88. The summed E-state index contributed by atoms with van der Waals surface area (Å²) in [5, 5.41) is 9.17. The smallest absolute Gasteiger partial charge is 0.335 e. The summed E-state index contributed by atoms with van der Waals surface area (Å²) in [6.45, 7) is 9.25. The molecule has 3 unspecified atom stereocenters. The second kappa shape index (κ2) is 10.1. The van der Waals surface area contributed by atoms with Crippen molar-refractivity contribution in [3.63, 3.8) is 0 Å². The number of benzene rings is 2. The molecule has 1 aliphatic rings. The molecular formula is C29H36O2. The van der Waals surface area contributed by atoms with Gasteiger partial charge >= 0.3 is 5.97 Å². The van der Waals surface area contributed by atoms with Crippen LogP contribution in [0.2, 0.25) is 0 Å². The summed E-state index contributed by atoms with van der Waals surface area (Å²) in [5.74, 6) is 0.435. The molecule has 0 aromatic heterocycles. The normalized spacial score (nSPS) is 20.2. The number of carboxylic acids is 1. The molecule has 0 fully saturated rings. The predicted octanol–water partition coefficient (Wildman–Crippen LogP) is 7.69. The van der Waals surface area contributed by atoms with Crippen LogP contribution in [0.5, 0.6) is 0 Å². The van der Waals surface area contributed by atoms with Gasteiger partial charge in [0.25, 0.3) is 0 Å². The topological polar surface area (TPSA) is 37.3 Å². The van der Waals surface area contributed by atoms with Crippen molar-refractivity contribution in [2.24, 2.45) is 11.8 Å². The Morgan fingerprint density at radius 1 is 1.00 bits per heavy atom. The molecule has 0 spiro atoms. The van der Waals surface area contributed by atoms with Crippen LogP contribution in [0.1, 0.15) is 80.4 Å². The molecule has 164 valence electrons. The maximum Gasteiger partial charge on any atom is 0.335 e. The maximum atomic E-state index is 11.2. The van der Waals surface area contributed by atoms with E-state index in [0.717, 1.165) is 24.8 Å². The third kappa shape index (κ3) is 5.36. The molecular weight excluding hydrogens is 380 g/mol. The van der Waals surface area contributed by atoms with Gasteiger partial charge in [-0.15, -0.1) is 0 Å². The minimum absolute atomic E-state index is 0.0178. The first-order chi connectivity index (χ1) is 14.9. The molecule has 3 rings (SSSR count). The molecule has 0 bridgehead atoms. The van der Waals surface area contributed by atoms with Gasteiger partial charge in [-0.2, -0.15) is 0 Å². The van der Waals surface area contributed by atoms with Crippen molar-refractivity contribution < 1.29 is 9.90 Å². The average molecular weight is 417 g/mol. The summed E-state index contributed by atoms with van der Waals surface area (Å²) in [6, 6.07) is 16.2. The van der Waals surface area contributed by atoms with Gasteiger partial charge in [0.1, 0.15) is 0 Å². The van der Waals surface area contributed by atoms with Gasteiger partial charge in [0.15, 0.2) is 0 Å². The van der Waals surface area contributed by atoms with E-state index in [4.69, 9.17) is 5.11 Å². The molecule has 0 heterocycles. The molecule has 0 radical (unpaired) electrons. The van der Waals surface area contributed by atoms with Crippen LogP contribution in [0.4, 0.5) is 0 Å². The van der Waals surface area contributed by atoms with E-state index in [1.807, 2.05) is 12.1 Å². The molecule has 0 saturated carbocycles. The van der Waals surface area contributed by atoms with Crippen molar-refractivity contribution in [1.82, 2.24) is 0 Å². The fourth-order valence-electron chi connectivity index (χ4n) is 4.63. The first-order valence-corrected chi connectivity index (χ1v) is 11.7. The summed E-state index contributed by atoms with van der Waals surface area (Å²) in [5.41, 5.74) is 5.55. The lowest BCUT2D eigenvalue weighted by atomic mass is 9.67. The van der Waals surface area contributed by atoms with E-state index >= 15 is 0 Å². The van der Waals surface area contributed by atoms with E-state index in [9.17, 15) is 4.79 Å². The van der Waals surface area contributed by atoms with Crippen LogP contribution in [0.25, 0.3) is 5.57 Å². The van der Waals surface area contributed by atoms with Crippen molar-refractivity contribution in [2.45, 2.75) is 65.2 Å². The highest BCUT2D eigenvalue weighted by Gasteiger charge is 2.34. The molecule has 2 nitrogen and oxygen atoms in total. The molecule has 0 amide bonds. The zero-order valence-corrected chi connectivity index (χ0v) is 19.4. The number of hydrogen-bond donors (Lipinski definition) is 1. The van der Waals surface area contributed by atoms with Crippen LogP contribution in [0.15, 0.2) is 66.8 Å². The Balaban J connectivity index is 1.95. The van der Waals surface area contributed by atoms with Gasteiger partial charge < -0.3 is 5.11 Å². The minimum atomic E-state index is -0.884. The van der Waals surface area contributed by atoms with Crippen molar-refractivity contribution in [2.75, 3.05) is 0 Å². The molecule has 2 aromatic rings. The lowest BCUT2D eigenvalue weighted by molar-refractivity contribution is 0.0697. The van der Waals surface area contributed by atoms with Gasteiger partial charge in [0, 0.05) is 5.41 Å². The Labute approximate surface area is 187 Å². The van der Waals surface area contributed by atoms with Crippen LogP contribution in [0.3, 0.4) is 0 Å². The molecule has 3 atom stereocenters. The van der Waals surface area contributed by atoms with Crippen LogP contribution < -0.4 is 0 Å². The Bertz CT molecular complexity index is 951. The average Bonchev–Trinajstić information content (AvgIpc) is 2.79. The van der Waals surface area contributed by atoms with Crippen molar-refractivity contribution in [3.05, 3.63) is 89.0 Å². The number of hydrogen-bond acceptors (Lipinski definition) is 1. The largest absolute Gasteiger partial charge is 0.478 e. The molecule has 2 aromatic carbocycles. The van der Waals surface area contributed by atoms with E-state index in [2.05, 4.69) is 70.2 Å². The number of carbonyl (C=O) groups is 1. The minimum Gasteiger partial charge on any atom is -0.478 e. The Morgan fingerprint density at radius 2 is 1.68 bits per heavy atom. The number of aromatic carboxylic acids is 1. The monoisotopic (exact) mass is 416 g/mol. The fraction of sp³-hybridized carbons (Fsp3) is 0.414. The molecule has 2 heteroatoms. The van der Waals surface area contributed by atoms with Crippen LogP contribution >= 0.6 is 0 Å². The van der Waals surface area contributed by atoms with Crippen molar-refractivity contribution >= 4 is 11.5 Å². The number of rotatable bonds is 9. The summed E-state index contributed by atoms with van der Waals surface area (Å²) in [6.07, 6.45) is 12.6. The van der Waals surface area contributed by atoms with Gasteiger partial charge in [-0.3, -0.25) is 0 Å². The highest BCUT2D eigenvalue weighted by atomic mass is 16.4. The third-order valence-electron chi connectivity index (χ3n) is 6.96. The van der Waals surface area contributed by atoms with Gasteiger partial charge in [-0.05, 0) is 65.5 Å². The van der Waals surface area contributed by atoms with E-state index in [-0.39, 0.29) is 5.41 Å². The zero-order chi connectivity index (χ0) is 22.4. The first kappa shape index (κ1) is 23.1. The molecule has 31 heavy (non-hydrogen) atoms. The zero-order valence-electron chi connectivity index (χ0n) is 19.4. The second-order valence-corrected chi connectivity index (χ2v) is 9.33. The summed E-state index contributed by atoms with van der Waals surface area (Å²) in [7, 11) is 0. The van der Waals surface area contributed by atoms with E-state index in [1.165, 1.54) is 29.5 Å². The van der Waals surface area contributed by atoms with Gasteiger partial charge in [-0.25, -0.2) is 4.79 Å². The summed E-state index contributed by atoms with van der Waals surface area (Å²) in [4.78, 5) is 11.2. The van der Waals surface area contributed by atoms with Gasteiger partial charge in [0.2, 0.25) is 0 Å². The Morgan fingerprint density at radius 3 is 2.26 bits per heavy atom. The van der Waals surface area contributed by atoms with Gasteiger partial charge in [0.05, 0.1) is 5.56 Å². The van der Waals surface area contributed by atoms with Crippen molar-refractivity contribution in [1.29, 1.82) is 0 Å². The number of allylic oxidation sites excluding steroid dienone is 4. The molecule has 0 saturated heterocycles. The quantitative estimate of drug-likeness (QED) is 0.455.